The van der Waals surface area contributed by atoms with E-state index in [0.717, 1.165) is 25.1 Å². The van der Waals surface area contributed by atoms with Gasteiger partial charge in [-0.15, -0.1) is 5.10 Å². The molecule has 0 spiro atoms. The van der Waals surface area contributed by atoms with Crippen LogP contribution in [0, 0.1) is 0 Å². The summed E-state index contributed by atoms with van der Waals surface area (Å²) < 4.78 is 1.77. The minimum Gasteiger partial charge on any atom is -0.330 e. The van der Waals surface area contributed by atoms with Gasteiger partial charge in [-0.1, -0.05) is 6.92 Å². The maximum atomic E-state index is 5.80. The first kappa shape index (κ1) is 9.72. The average molecular weight is 217 g/mol. The van der Waals surface area contributed by atoms with Crippen molar-refractivity contribution >= 4 is 5.78 Å². The number of aromatic nitrogens is 4. The lowest BCUT2D eigenvalue weighted by Gasteiger charge is -2.11. The van der Waals surface area contributed by atoms with Crippen molar-refractivity contribution in [2.45, 2.75) is 31.6 Å². The van der Waals surface area contributed by atoms with Crippen LogP contribution in [0.2, 0.25) is 0 Å². The third-order valence-corrected chi connectivity index (χ3v) is 3.41. The van der Waals surface area contributed by atoms with Crippen molar-refractivity contribution in [3.8, 4) is 0 Å². The molecule has 0 bridgehead atoms. The van der Waals surface area contributed by atoms with Crippen LogP contribution >= 0.6 is 0 Å². The third-order valence-electron chi connectivity index (χ3n) is 3.41. The standard InChI is InChI=1S/C11H15N5/c1-2-9-14-10-13-5-8(6-16(10)15-9)11(7-12)3-4-11/h5-6H,2-4,7,12H2,1H3. The molecule has 1 saturated carbocycles. The molecular formula is C11H15N5. The van der Waals surface area contributed by atoms with Gasteiger partial charge in [-0.25, -0.2) is 9.50 Å². The first-order valence-electron chi connectivity index (χ1n) is 5.69. The van der Waals surface area contributed by atoms with E-state index < -0.39 is 0 Å². The van der Waals surface area contributed by atoms with Crippen molar-refractivity contribution in [3.63, 3.8) is 0 Å². The molecule has 2 aromatic heterocycles. The van der Waals surface area contributed by atoms with Gasteiger partial charge in [0.1, 0.15) is 0 Å². The molecule has 1 aliphatic carbocycles. The van der Waals surface area contributed by atoms with E-state index in [1.54, 1.807) is 4.52 Å². The van der Waals surface area contributed by atoms with Gasteiger partial charge in [0.25, 0.3) is 5.78 Å². The maximum absolute atomic E-state index is 5.80. The van der Waals surface area contributed by atoms with Crippen LogP contribution in [0.5, 0.6) is 0 Å². The molecular weight excluding hydrogens is 202 g/mol. The van der Waals surface area contributed by atoms with E-state index in [0.29, 0.717) is 12.3 Å². The van der Waals surface area contributed by atoms with E-state index in [9.17, 15) is 0 Å². The van der Waals surface area contributed by atoms with Crippen molar-refractivity contribution < 1.29 is 0 Å². The number of rotatable bonds is 3. The van der Waals surface area contributed by atoms with E-state index in [-0.39, 0.29) is 5.41 Å². The van der Waals surface area contributed by atoms with Crippen LogP contribution in [0.1, 0.15) is 31.2 Å². The van der Waals surface area contributed by atoms with Crippen LogP contribution in [-0.4, -0.2) is 26.1 Å². The molecule has 0 amide bonds. The van der Waals surface area contributed by atoms with Crippen molar-refractivity contribution in [2.24, 2.45) is 5.73 Å². The minimum absolute atomic E-state index is 0.166. The maximum Gasteiger partial charge on any atom is 0.252 e. The van der Waals surface area contributed by atoms with Crippen molar-refractivity contribution in [1.82, 2.24) is 19.6 Å². The summed E-state index contributed by atoms with van der Waals surface area (Å²) in [6, 6.07) is 0. The molecule has 0 aliphatic heterocycles. The highest BCUT2D eigenvalue weighted by molar-refractivity contribution is 5.34. The van der Waals surface area contributed by atoms with Gasteiger partial charge in [0.15, 0.2) is 5.82 Å². The van der Waals surface area contributed by atoms with Crippen LogP contribution in [0.15, 0.2) is 12.4 Å². The Morgan fingerprint density at radius 3 is 2.94 bits per heavy atom. The van der Waals surface area contributed by atoms with Gasteiger partial charge >= 0.3 is 0 Å². The fraction of sp³-hybridized carbons (Fsp3) is 0.545. The number of fused-ring (bicyclic) bond motifs is 1. The summed E-state index contributed by atoms with van der Waals surface area (Å²) in [4.78, 5) is 8.65. The lowest BCUT2D eigenvalue weighted by Crippen LogP contribution is -2.20. The second-order valence-electron chi connectivity index (χ2n) is 4.45. The second-order valence-corrected chi connectivity index (χ2v) is 4.45. The quantitative estimate of drug-likeness (QED) is 0.820. The smallest absolute Gasteiger partial charge is 0.252 e. The van der Waals surface area contributed by atoms with Crippen LogP contribution in [0.25, 0.3) is 5.78 Å². The highest BCUT2D eigenvalue weighted by Crippen LogP contribution is 2.46. The molecule has 2 aromatic rings. The Kier molecular flexibility index (Phi) is 1.97. The molecule has 1 fully saturated rings. The summed E-state index contributed by atoms with van der Waals surface area (Å²) in [5.74, 6) is 1.51. The van der Waals surface area contributed by atoms with Gasteiger partial charge < -0.3 is 5.73 Å². The van der Waals surface area contributed by atoms with Gasteiger partial charge in [0.05, 0.1) is 0 Å². The van der Waals surface area contributed by atoms with Crippen LogP contribution < -0.4 is 5.73 Å². The van der Waals surface area contributed by atoms with E-state index in [1.807, 2.05) is 19.3 Å². The van der Waals surface area contributed by atoms with Crippen molar-refractivity contribution in [1.29, 1.82) is 0 Å². The summed E-state index contributed by atoms with van der Waals surface area (Å²) in [5, 5.41) is 4.37. The molecule has 5 nitrogen and oxygen atoms in total. The molecule has 0 saturated heterocycles. The fourth-order valence-corrected chi connectivity index (χ4v) is 2.01. The fourth-order valence-electron chi connectivity index (χ4n) is 2.01. The predicted molar refractivity (Wildman–Crippen MR) is 60.1 cm³/mol. The Morgan fingerprint density at radius 2 is 2.31 bits per heavy atom. The van der Waals surface area contributed by atoms with Gasteiger partial charge in [-0.3, -0.25) is 0 Å². The zero-order chi connectivity index (χ0) is 11.2. The summed E-state index contributed by atoms with van der Waals surface area (Å²) >= 11 is 0. The summed E-state index contributed by atoms with van der Waals surface area (Å²) in [6.45, 7) is 2.73. The number of nitrogens with zero attached hydrogens (tertiary/aromatic N) is 4. The molecule has 0 atom stereocenters. The lowest BCUT2D eigenvalue weighted by molar-refractivity contribution is 0.688. The number of hydrogen-bond donors (Lipinski definition) is 1. The first-order valence-corrected chi connectivity index (χ1v) is 5.69. The van der Waals surface area contributed by atoms with Gasteiger partial charge in [0.2, 0.25) is 0 Å². The van der Waals surface area contributed by atoms with Gasteiger partial charge in [-0.05, 0) is 18.4 Å². The Hall–Kier alpha value is -1.49. The molecule has 3 rings (SSSR count). The van der Waals surface area contributed by atoms with Crippen molar-refractivity contribution in [2.75, 3.05) is 6.54 Å². The Morgan fingerprint density at radius 1 is 1.50 bits per heavy atom. The van der Waals surface area contributed by atoms with Crippen molar-refractivity contribution in [3.05, 3.63) is 23.8 Å². The zero-order valence-electron chi connectivity index (χ0n) is 9.35. The number of aryl methyl sites for hydroxylation is 1. The van der Waals surface area contributed by atoms with Gasteiger partial charge in [-0.2, -0.15) is 4.98 Å². The molecule has 0 unspecified atom stereocenters. The Labute approximate surface area is 93.7 Å². The predicted octanol–water partition coefficient (Wildman–Crippen LogP) is 0.677. The lowest BCUT2D eigenvalue weighted by atomic mass is 10.00. The first-order chi connectivity index (χ1) is 7.77. The Balaban J connectivity index is 2.08. The zero-order valence-corrected chi connectivity index (χ0v) is 9.35. The SMILES string of the molecule is CCc1nc2ncc(C3(CN)CC3)cn2n1. The normalized spacial score (nSPS) is 17.9. The Bertz CT molecular complexity index is 526. The van der Waals surface area contributed by atoms with E-state index in [4.69, 9.17) is 5.73 Å². The molecule has 2 heterocycles. The highest BCUT2D eigenvalue weighted by atomic mass is 15.3. The summed E-state index contributed by atoms with van der Waals surface area (Å²) in [7, 11) is 0. The molecule has 16 heavy (non-hydrogen) atoms. The molecule has 2 N–H and O–H groups in total. The van der Waals surface area contributed by atoms with Crippen LogP contribution in [0.4, 0.5) is 0 Å². The monoisotopic (exact) mass is 217 g/mol. The van der Waals surface area contributed by atoms with Gasteiger partial charge in [0, 0.05) is 30.8 Å². The summed E-state index contributed by atoms with van der Waals surface area (Å²) in [6.07, 6.45) is 7.07. The topological polar surface area (TPSA) is 69.1 Å². The molecule has 1 aliphatic rings. The molecule has 0 aromatic carbocycles. The minimum atomic E-state index is 0.166. The molecule has 0 radical (unpaired) electrons. The largest absolute Gasteiger partial charge is 0.330 e. The van der Waals surface area contributed by atoms with E-state index >= 15 is 0 Å². The summed E-state index contributed by atoms with van der Waals surface area (Å²) in [5.41, 5.74) is 7.16. The second kappa shape index (κ2) is 3.25. The van der Waals surface area contributed by atoms with Crippen LogP contribution in [-0.2, 0) is 11.8 Å². The third kappa shape index (κ3) is 1.31. The highest BCUT2D eigenvalue weighted by Gasteiger charge is 2.43. The van der Waals surface area contributed by atoms with Crippen LogP contribution in [0.3, 0.4) is 0 Å². The van der Waals surface area contributed by atoms with E-state index in [2.05, 4.69) is 15.1 Å². The van der Waals surface area contributed by atoms with E-state index in [1.165, 1.54) is 5.56 Å². The number of hydrogen-bond acceptors (Lipinski definition) is 4. The average Bonchev–Trinajstić information content (AvgIpc) is 3.01. The molecule has 5 heteroatoms. The molecule has 84 valence electrons. The number of nitrogens with two attached hydrogens (primary N) is 1.